The van der Waals surface area contributed by atoms with Crippen molar-refractivity contribution in [3.63, 3.8) is 0 Å². The number of unbranched alkanes of at least 4 members (excludes halogenated alkanes) is 6. The summed E-state index contributed by atoms with van der Waals surface area (Å²) in [4.78, 5) is 0. The molecule has 8 N–H and O–H groups in total. The van der Waals surface area contributed by atoms with Crippen LogP contribution in [0.5, 0.6) is 0 Å². The van der Waals surface area contributed by atoms with Crippen molar-refractivity contribution >= 4 is 0 Å². The summed E-state index contributed by atoms with van der Waals surface area (Å²) in [6, 6.07) is 0. The van der Waals surface area contributed by atoms with E-state index in [1.54, 1.807) is 0 Å². The number of nitrogens with two attached hydrogens (primary N) is 1. The van der Waals surface area contributed by atoms with Gasteiger partial charge in [-0.05, 0) is 51.4 Å². The first-order chi connectivity index (χ1) is 7.41. The maximum atomic E-state index is 3.86. The highest BCUT2D eigenvalue weighted by Crippen LogP contribution is 1.96. The van der Waals surface area contributed by atoms with Gasteiger partial charge in [0.2, 0.25) is 0 Å². The van der Waals surface area contributed by atoms with E-state index >= 15 is 0 Å². The first-order valence-electron chi connectivity index (χ1n) is 6.82. The van der Waals surface area contributed by atoms with E-state index in [0.29, 0.717) is 0 Å². The topological polar surface area (TPSA) is 71.9 Å². The third kappa shape index (κ3) is 13.9. The fourth-order valence-electron chi connectivity index (χ4n) is 1.78. The predicted molar refractivity (Wildman–Crippen MR) is 64.1 cm³/mol. The minimum absolute atomic E-state index is 1.11. The summed E-state index contributed by atoms with van der Waals surface area (Å²) < 4.78 is 0. The van der Waals surface area contributed by atoms with Crippen LogP contribution in [0.25, 0.3) is 0 Å². The van der Waals surface area contributed by atoms with Gasteiger partial charge in [-0.1, -0.05) is 0 Å². The second kappa shape index (κ2) is 13.9. The Hall–Kier alpha value is -0.120. The zero-order valence-corrected chi connectivity index (χ0v) is 10.5. The molecule has 0 fully saturated rings. The van der Waals surface area contributed by atoms with Crippen molar-refractivity contribution in [1.29, 1.82) is 0 Å². The second-order valence-electron chi connectivity index (χ2n) is 4.40. The van der Waals surface area contributed by atoms with E-state index in [9.17, 15) is 0 Å². The normalized spacial score (nSPS) is 10.8. The lowest BCUT2D eigenvalue weighted by Crippen LogP contribution is -2.84. The Bertz CT molecular complexity index is 95.0. The third-order valence-electron chi connectivity index (χ3n) is 2.82. The average molecular weight is 218 g/mol. The van der Waals surface area contributed by atoms with Crippen LogP contribution in [-0.4, -0.2) is 26.2 Å². The molecule has 0 unspecified atom stereocenters. The summed E-state index contributed by atoms with van der Waals surface area (Å²) in [7, 11) is 0. The van der Waals surface area contributed by atoms with Crippen molar-refractivity contribution in [3.8, 4) is 0 Å². The fraction of sp³-hybridized carbons (Fsp3) is 1.00. The zero-order valence-electron chi connectivity index (χ0n) is 10.5. The van der Waals surface area contributed by atoms with Crippen molar-refractivity contribution in [1.82, 2.24) is 0 Å². The molecule has 0 aliphatic carbocycles. The lowest BCUT2D eigenvalue weighted by Gasteiger charge is -2.01. The predicted octanol–water partition coefficient (Wildman–Crippen LogP) is -0.846. The Balaban J connectivity index is 2.81. The highest BCUT2D eigenvalue weighted by Gasteiger charge is 1.94. The van der Waals surface area contributed by atoms with Crippen molar-refractivity contribution in [2.45, 2.75) is 51.4 Å². The monoisotopic (exact) mass is 218 g/mol. The maximum absolute atomic E-state index is 3.86. The van der Waals surface area contributed by atoms with E-state index < -0.39 is 0 Å². The van der Waals surface area contributed by atoms with Crippen molar-refractivity contribution in [2.24, 2.45) is 0 Å². The van der Waals surface area contributed by atoms with Gasteiger partial charge >= 0.3 is 0 Å². The van der Waals surface area contributed by atoms with Gasteiger partial charge < -0.3 is 16.8 Å². The lowest BCUT2D eigenvalue weighted by atomic mass is 10.2. The molecule has 92 valence electrons. The quantitative estimate of drug-likeness (QED) is 0.357. The highest BCUT2D eigenvalue weighted by atomic mass is 14.8. The molecule has 15 heavy (non-hydrogen) atoms. The largest absolute Gasteiger partial charge is 0.358 e. The molecule has 0 aromatic rings. The number of rotatable bonds is 12. The standard InChI is InChI=1S/C12H29N3/c13-9-5-1-3-7-11-15-12-8-4-2-6-10-14/h15H,1-14H2/p+3. The summed E-state index contributed by atoms with van der Waals surface area (Å²) in [6.45, 7) is 4.87. The molecule has 0 radical (unpaired) electrons. The summed E-state index contributed by atoms with van der Waals surface area (Å²) in [6.07, 6.45) is 10.9. The van der Waals surface area contributed by atoms with Gasteiger partial charge in [0.25, 0.3) is 0 Å². The van der Waals surface area contributed by atoms with E-state index in [-0.39, 0.29) is 0 Å². The van der Waals surface area contributed by atoms with E-state index in [0.717, 1.165) is 13.1 Å². The van der Waals surface area contributed by atoms with Crippen LogP contribution in [0.4, 0.5) is 0 Å². The Morgan fingerprint density at radius 1 is 0.533 bits per heavy atom. The summed E-state index contributed by atoms with van der Waals surface area (Å²) >= 11 is 0. The molecule has 3 heteroatoms. The Kier molecular flexibility index (Phi) is 13.8. The van der Waals surface area contributed by atoms with Crippen LogP contribution in [-0.2, 0) is 0 Å². The summed E-state index contributed by atoms with van der Waals surface area (Å²) in [5.74, 6) is 0. The first-order valence-corrected chi connectivity index (χ1v) is 6.82. The van der Waals surface area contributed by atoms with E-state index in [2.05, 4.69) is 16.8 Å². The smallest absolute Gasteiger partial charge is 0.0755 e. The molecule has 0 aromatic carbocycles. The molecule has 0 bridgehead atoms. The molecule has 0 saturated heterocycles. The molecule has 0 aliphatic heterocycles. The van der Waals surface area contributed by atoms with Crippen LogP contribution in [0.15, 0.2) is 0 Å². The lowest BCUT2D eigenvalue weighted by molar-refractivity contribution is -0.655. The Morgan fingerprint density at radius 2 is 0.933 bits per heavy atom. The molecule has 3 nitrogen and oxygen atoms in total. The van der Waals surface area contributed by atoms with Crippen LogP contribution in [0.2, 0.25) is 0 Å². The number of hydrogen-bond donors (Lipinski definition) is 3. The van der Waals surface area contributed by atoms with Crippen LogP contribution < -0.4 is 16.8 Å². The molecule has 0 aliphatic rings. The van der Waals surface area contributed by atoms with Crippen LogP contribution in [0.1, 0.15) is 51.4 Å². The van der Waals surface area contributed by atoms with Gasteiger partial charge in [-0.25, -0.2) is 0 Å². The third-order valence-corrected chi connectivity index (χ3v) is 2.82. The second-order valence-corrected chi connectivity index (χ2v) is 4.40. The molecule has 0 heterocycles. The van der Waals surface area contributed by atoms with Crippen molar-refractivity contribution in [3.05, 3.63) is 0 Å². The van der Waals surface area contributed by atoms with Gasteiger partial charge in [0.15, 0.2) is 0 Å². The highest BCUT2D eigenvalue weighted by molar-refractivity contribution is 4.41. The Labute approximate surface area is 95.0 Å². The first kappa shape index (κ1) is 14.9. The van der Waals surface area contributed by atoms with Crippen molar-refractivity contribution < 1.29 is 16.8 Å². The zero-order chi connectivity index (χ0) is 11.2. The van der Waals surface area contributed by atoms with Crippen LogP contribution in [0, 0.1) is 0 Å². The fourth-order valence-corrected chi connectivity index (χ4v) is 1.78. The van der Waals surface area contributed by atoms with Gasteiger partial charge in [0, 0.05) is 0 Å². The van der Waals surface area contributed by atoms with Gasteiger partial charge in [-0.3, -0.25) is 0 Å². The van der Waals surface area contributed by atoms with Crippen LogP contribution >= 0.6 is 0 Å². The number of quaternary nitrogens is 3. The summed E-state index contributed by atoms with van der Waals surface area (Å²) in [5, 5.41) is 2.48. The summed E-state index contributed by atoms with van der Waals surface area (Å²) in [5.41, 5.74) is 7.71. The molecule has 0 atom stereocenters. The van der Waals surface area contributed by atoms with Crippen LogP contribution in [0.3, 0.4) is 0 Å². The van der Waals surface area contributed by atoms with Gasteiger partial charge in [0.05, 0.1) is 26.2 Å². The van der Waals surface area contributed by atoms with E-state index in [4.69, 9.17) is 0 Å². The minimum Gasteiger partial charge on any atom is -0.358 e. The van der Waals surface area contributed by atoms with Gasteiger partial charge in [0.1, 0.15) is 0 Å². The molecule has 0 rings (SSSR count). The molecule has 0 saturated carbocycles. The molecular weight excluding hydrogens is 186 g/mol. The maximum Gasteiger partial charge on any atom is 0.0755 e. The SMILES string of the molecule is [NH3+]CCCCCC[NH2+]CCCCCC[NH3+]. The van der Waals surface area contributed by atoms with Gasteiger partial charge in [-0.15, -0.1) is 0 Å². The average Bonchev–Trinajstić information content (AvgIpc) is 2.26. The number of hydrogen-bond acceptors (Lipinski definition) is 0. The van der Waals surface area contributed by atoms with E-state index in [1.807, 2.05) is 0 Å². The molecular formula is C12H32N3+3. The van der Waals surface area contributed by atoms with Gasteiger partial charge in [-0.2, -0.15) is 0 Å². The molecule has 0 spiro atoms. The molecule has 0 aromatic heterocycles. The van der Waals surface area contributed by atoms with E-state index in [1.165, 1.54) is 64.5 Å². The Morgan fingerprint density at radius 3 is 1.33 bits per heavy atom. The molecule has 0 amide bonds. The van der Waals surface area contributed by atoms with Crippen molar-refractivity contribution in [2.75, 3.05) is 26.2 Å². The minimum atomic E-state index is 1.11.